The normalized spacial score (nSPS) is 16.8. The molecule has 2 rings (SSSR count). The van der Waals surface area contributed by atoms with E-state index in [4.69, 9.17) is 32.7 Å². The Morgan fingerprint density at radius 1 is 1.29 bits per heavy atom. The van der Waals surface area contributed by atoms with E-state index in [1.165, 1.54) is 0 Å². The standard InChI is InChI=1S/C16H22Cl2N2O4/c1-2-23-16(22)20-7-5-19(6-8-20)10-13(21)11-24-15-4-3-12(17)9-14(15)18/h3-4,9,13,21H,2,5-8,10-11H2,1H3/t13-/m1/s1. The van der Waals surface area contributed by atoms with Crippen LogP contribution in [0.25, 0.3) is 0 Å². The second-order valence-electron chi connectivity index (χ2n) is 5.53. The monoisotopic (exact) mass is 376 g/mol. The number of aliphatic hydroxyl groups is 1. The first-order chi connectivity index (χ1) is 11.5. The molecule has 1 aliphatic heterocycles. The molecular formula is C16H22Cl2N2O4. The lowest BCUT2D eigenvalue weighted by Crippen LogP contribution is -2.51. The summed E-state index contributed by atoms with van der Waals surface area (Å²) in [6.07, 6.45) is -0.927. The molecule has 8 heteroatoms. The van der Waals surface area contributed by atoms with Gasteiger partial charge in [-0.3, -0.25) is 4.90 Å². The number of carbonyl (C=O) groups is 1. The Morgan fingerprint density at radius 3 is 2.62 bits per heavy atom. The van der Waals surface area contributed by atoms with Crippen LogP contribution in [-0.4, -0.2) is 73.0 Å². The first-order valence-corrected chi connectivity index (χ1v) is 8.65. The molecule has 1 aromatic rings. The number of carbonyl (C=O) groups excluding carboxylic acids is 1. The fourth-order valence-electron chi connectivity index (χ4n) is 2.46. The molecule has 1 N–H and O–H groups in total. The van der Waals surface area contributed by atoms with Crippen molar-refractivity contribution >= 4 is 29.3 Å². The Morgan fingerprint density at radius 2 is 2.00 bits per heavy atom. The quantitative estimate of drug-likeness (QED) is 0.826. The van der Waals surface area contributed by atoms with Crippen LogP contribution in [0.1, 0.15) is 6.92 Å². The van der Waals surface area contributed by atoms with Crippen LogP contribution in [0.5, 0.6) is 5.75 Å². The number of ether oxygens (including phenoxy) is 2. The predicted octanol–water partition coefficient (Wildman–Crippen LogP) is 2.51. The van der Waals surface area contributed by atoms with E-state index in [-0.39, 0.29) is 12.7 Å². The summed E-state index contributed by atoms with van der Waals surface area (Å²) in [5.74, 6) is 0.493. The lowest BCUT2D eigenvalue weighted by molar-refractivity contribution is 0.0408. The summed E-state index contributed by atoms with van der Waals surface area (Å²) >= 11 is 11.9. The van der Waals surface area contributed by atoms with Gasteiger partial charge in [-0.2, -0.15) is 0 Å². The maximum Gasteiger partial charge on any atom is 0.409 e. The smallest absolute Gasteiger partial charge is 0.409 e. The van der Waals surface area contributed by atoms with Crippen LogP contribution in [0.2, 0.25) is 10.0 Å². The largest absolute Gasteiger partial charge is 0.489 e. The van der Waals surface area contributed by atoms with E-state index < -0.39 is 6.10 Å². The molecule has 1 amide bonds. The molecule has 0 radical (unpaired) electrons. The minimum atomic E-state index is -0.647. The minimum Gasteiger partial charge on any atom is -0.489 e. The molecule has 0 unspecified atom stereocenters. The van der Waals surface area contributed by atoms with Crippen LogP contribution in [0.3, 0.4) is 0 Å². The van der Waals surface area contributed by atoms with Gasteiger partial charge in [-0.1, -0.05) is 23.2 Å². The molecule has 1 atom stereocenters. The molecular weight excluding hydrogens is 355 g/mol. The topological polar surface area (TPSA) is 62.2 Å². The SMILES string of the molecule is CCOC(=O)N1CCN(C[C@@H](O)COc2ccc(Cl)cc2Cl)CC1. The van der Waals surface area contributed by atoms with Gasteiger partial charge in [-0.15, -0.1) is 0 Å². The van der Waals surface area contributed by atoms with E-state index in [1.54, 1.807) is 30.0 Å². The summed E-state index contributed by atoms with van der Waals surface area (Å²) in [6, 6.07) is 4.96. The molecule has 1 fully saturated rings. The molecule has 0 aromatic heterocycles. The Balaban J connectivity index is 1.71. The van der Waals surface area contributed by atoms with Gasteiger partial charge in [0.2, 0.25) is 0 Å². The number of hydrogen-bond acceptors (Lipinski definition) is 5. The van der Waals surface area contributed by atoms with E-state index in [0.29, 0.717) is 55.1 Å². The Hall–Kier alpha value is -1.21. The average molecular weight is 377 g/mol. The van der Waals surface area contributed by atoms with Crippen molar-refractivity contribution < 1.29 is 19.4 Å². The number of piperazine rings is 1. The molecule has 134 valence electrons. The highest BCUT2D eigenvalue weighted by molar-refractivity contribution is 6.35. The summed E-state index contributed by atoms with van der Waals surface area (Å²) in [4.78, 5) is 15.4. The van der Waals surface area contributed by atoms with Crippen molar-refractivity contribution in [3.63, 3.8) is 0 Å². The molecule has 1 aromatic carbocycles. The van der Waals surface area contributed by atoms with Crippen LogP contribution in [-0.2, 0) is 4.74 Å². The van der Waals surface area contributed by atoms with E-state index in [2.05, 4.69) is 4.90 Å². The Labute approximate surface area is 151 Å². The van der Waals surface area contributed by atoms with Crippen molar-refractivity contribution in [2.45, 2.75) is 13.0 Å². The van der Waals surface area contributed by atoms with Crippen LogP contribution >= 0.6 is 23.2 Å². The van der Waals surface area contributed by atoms with Gasteiger partial charge in [0.05, 0.1) is 11.6 Å². The second-order valence-corrected chi connectivity index (χ2v) is 6.37. The van der Waals surface area contributed by atoms with Crippen LogP contribution in [0.4, 0.5) is 4.79 Å². The number of β-amino-alcohol motifs (C(OH)–C–C–N with tert-alkyl or cyclic N) is 1. The molecule has 0 aliphatic carbocycles. The third kappa shape index (κ3) is 5.70. The summed E-state index contributed by atoms with van der Waals surface area (Å²) in [5, 5.41) is 11.1. The zero-order valence-electron chi connectivity index (χ0n) is 13.6. The molecule has 1 heterocycles. The van der Waals surface area contributed by atoms with Crippen molar-refractivity contribution in [3.05, 3.63) is 28.2 Å². The number of aliphatic hydroxyl groups excluding tert-OH is 1. The maximum absolute atomic E-state index is 11.6. The van der Waals surface area contributed by atoms with Gasteiger partial charge < -0.3 is 19.5 Å². The van der Waals surface area contributed by atoms with Crippen molar-refractivity contribution in [1.82, 2.24) is 9.80 Å². The van der Waals surface area contributed by atoms with Gasteiger partial charge in [0, 0.05) is 37.7 Å². The van der Waals surface area contributed by atoms with Gasteiger partial charge in [0.25, 0.3) is 0 Å². The highest BCUT2D eigenvalue weighted by atomic mass is 35.5. The van der Waals surface area contributed by atoms with E-state index in [0.717, 1.165) is 0 Å². The van der Waals surface area contributed by atoms with Crippen molar-refractivity contribution in [3.8, 4) is 5.75 Å². The summed E-state index contributed by atoms with van der Waals surface area (Å²) in [7, 11) is 0. The first kappa shape index (κ1) is 19.1. The number of hydrogen-bond donors (Lipinski definition) is 1. The molecule has 0 bridgehead atoms. The number of rotatable bonds is 6. The van der Waals surface area contributed by atoms with E-state index >= 15 is 0 Å². The van der Waals surface area contributed by atoms with Crippen LogP contribution in [0, 0.1) is 0 Å². The van der Waals surface area contributed by atoms with Gasteiger partial charge in [0.15, 0.2) is 0 Å². The highest BCUT2D eigenvalue weighted by Gasteiger charge is 2.23. The van der Waals surface area contributed by atoms with Crippen LogP contribution < -0.4 is 4.74 Å². The fourth-order valence-corrected chi connectivity index (χ4v) is 2.92. The summed E-state index contributed by atoms with van der Waals surface area (Å²) in [6.45, 7) is 5.35. The molecule has 1 saturated heterocycles. The number of benzene rings is 1. The molecule has 6 nitrogen and oxygen atoms in total. The highest BCUT2D eigenvalue weighted by Crippen LogP contribution is 2.27. The predicted molar refractivity (Wildman–Crippen MR) is 93.0 cm³/mol. The zero-order chi connectivity index (χ0) is 17.5. The maximum atomic E-state index is 11.6. The Kier molecular flexibility index (Phi) is 7.42. The number of nitrogens with zero attached hydrogens (tertiary/aromatic N) is 2. The van der Waals surface area contributed by atoms with Crippen LogP contribution in [0.15, 0.2) is 18.2 Å². The van der Waals surface area contributed by atoms with Gasteiger partial charge >= 0.3 is 6.09 Å². The lowest BCUT2D eigenvalue weighted by Gasteiger charge is -2.34. The minimum absolute atomic E-state index is 0.138. The lowest BCUT2D eigenvalue weighted by atomic mass is 10.2. The molecule has 24 heavy (non-hydrogen) atoms. The fraction of sp³-hybridized carbons (Fsp3) is 0.562. The third-order valence-corrected chi connectivity index (χ3v) is 4.22. The molecule has 1 aliphatic rings. The van der Waals surface area contributed by atoms with E-state index in [1.807, 2.05) is 0 Å². The molecule has 0 saturated carbocycles. The summed E-state index contributed by atoms with van der Waals surface area (Å²) < 4.78 is 10.5. The average Bonchev–Trinajstić information content (AvgIpc) is 2.55. The van der Waals surface area contributed by atoms with Crippen molar-refractivity contribution in [2.75, 3.05) is 45.9 Å². The second kappa shape index (κ2) is 9.32. The Bertz CT molecular complexity index is 551. The zero-order valence-corrected chi connectivity index (χ0v) is 15.1. The van der Waals surface area contributed by atoms with E-state index in [9.17, 15) is 9.90 Å². The summed E-state index contributed by atoms with van der Waals surface area (Å²) in [5.41, 5.74) is 0. The van der Waals surface area contributed by atoms with Crippen molar-refractivity contribution in [1.29, 1.82) is 0 Å². The third-order valence-electron chi connectivity index (χ3n) is 3.69. The van der Waals surface area contributed by atoms with Crippen molar-refractivity contribution in [2.24, 2.45) is 0 Å². The van der Waals surface area contributed by atoms with Gasteiger partial charge in [-0.25, -0.2) is 4.79 Å². The van der Waals surface area contributed by atoms with Gasteiger partial charge in [-0.05, 0) is 25.1 Å². The number of amides is 1. The first-order valence-electron chi connectivity index (χ1n) is 7.89. The molecule has 0 spiro atoms. The number of halogens is 2. The van der Waals surface area contributed by atoms with Gasteiger partial charge in [0.1, 0.15) is 18.5 Å².